The Hall–Kier alpha value is -0.370. The zero-order chi connectivity index (χ0) is 13.4. The van der Waals surface area contributed by atoms with Crippen molar-refractivity contribution in [2.24, 2.45) is 0 Å². The van der Waals surface area contributed by atoms with Gasteiger partial charge in [0.25, 0.3) is 0 Å². The van der Waals surface area contributed by atoms with Crippen LogP contribution in [0.1, 0.15) is 82.0 Å². The number of hydrogen-bond acceptors (Lipinski definition) is 2. The van der Waals surface area contributed by atoms with E-state index in [4.69, 9.17) is 0 Å². The predicted octanol–water partition coefficient (Wildman–Crippen LogP) is 5.87. The highest BCUT2D eigenvalue weighted by atomic mass is 32.1. The Kier molecular flexibility index (Phi) is 6.91. The van der Waals surface area contributed by atoms with Gasteiger partial charge >= 0.3 is 0 Å². The molecule has 1 aromatic rings. The van der Waals surface area contributed by atoms with E-state index in [1.165, 1.54) is 61.3 Å². The molecule has 0 radical (unpaired) electrons. The normalized spacial score (nSPS) is 14.7. The molecule has 1 aromatic heterocycles. The van der Waals surface area contributed by atoms with Crippen molar-refractivity contribution in [3.63, 3.8) is 0 Å². The summed E-state index contributed by atoms with van der Waals surface area (Å²) >= 11 is 1.90. The van der Waals surface area contributed by atoms with E-state index < -0.39 is 0 Å². The fourth-order valence-electron chi connectivity index (χ4n) is 2.48. The van der Waals surface area contributed by atoms with E-state index in [0.29, 0.717) is 5.41 Å². The van der Waals surface area contributed by atoms with Crippen LogP contribution in [0.15, 0.2) is 6.20 Å². The largest absolute Gasteiger partial charge is 0.249 e. The average molecular weight is 267 g/mol. The van der Waals surface area contributed by atoms with Gasteiger partial charge in [-0.3, -0.25) is 0 Å². The van der Waals surface area contributed by atoms with Gasteiger partial charge in [-0.05, 0) is 19.8 Å². The summed E-state index contributed by atoms with van der Waals surface area (Å²) in [5.41, 5.74) is 0.322. The van der Waals surface area contributed by atoms with Crippen LogP contribution in [0.25, 0.3) is 0 Å². The SMILES string of the molecule is CCCCCCC(C)(CCCC)c1ncc(C)s1. The number of nitrogens with zero attached hydrogens (tertiary/aromatic N) is 1. The van der Waals surface area contributed by atoms with Crippen molar-refractivity contribution in [3.8, 4) is 0 Å². The first-order valence-electron chi connectivity index (χ1n) is 7.55. The van der Waals surface area contributed by atoms with E-state index >= 15 is 0 Å². The first kappa shape index (κ1) is 15.7. The van der Waals surface area contributed by atoms with Crippen LogP contribution < -0.4 is 0 Å². The number of rotatable bonds is 9. The zero-order valence-corrected chi connectivity index (χ0v) is 13.4. The molecule has 0 bridgehead atoms. The van der Waals surface area contributed by atoms with Crippen LogP contribution in [-0.2, 0) is 5.41 Å². The minimum absolute atomic E-state index is 0.322. The van der Waals surface area contributed by atoms with Crippen LogP contribution in [0.5, 0.6) is 0 Å². The lowest BCUT2D eigenvalue weighted by Gasteiger charge is -2.27. The predicted molar refractivity (Wildman–Crippen MR) is 82.5 cm³/mol. The summed E-state index contributed by atoms with van der Waals surface area (Å²) in [7, 11) is 0. The topological polar surface area (TPSA) is 12.9 Å². The molecule has 18 heavy (non-hydrogen) atoms. The molecule has 2 heteroatoms. The minimum atomic E-state index is 0.322. The molecule has 0 saturated carbocycles. The van der Waals surface area contributed by atoms with Gasteiger partial charge in [-0.2, -0.15) is 0 Å². The number of unbranched alkanes of at least 4 members (excludes halogenated alkanes) is 4. The third-order valence-electron chi connectivity index (χ3n) is 3.80. The third-order valence-corrected chi connectivity index (χ3v) is 5.02. The van der Waals surface area contributed by atoms with Crippen LogP contribution in [0, 0.1) is 6.92 Å². The summed E-state index contributed by atoms with van der Waals surface area (Å²) in [5, 5.41) is 1.37. The lowest BCUT2D eigenvalue weighted by Crippen LogP contribution is -2.21. The lowest BCUT2D eigenvalue weighted by atomic mass is 9.80. The molecule has 1 heterocycles. The van der Waals surface area contributed by atoms with Crippen LogP contribution in [0.2, 0.25) is 0 Å². The molecule has 0 aliphatic rings. The van der Waals surface area contributed by atoms with Crippen molar-refractivity contribution < 1.29 is 0 Å². The molecule has 0 aliphatic heterocycles. The molecular weight excluding hydrogens is 238 g/mol. The smallest absolute Gasteiger partial charge is 0.0986 e. The van der Waals surface area contributed by atoms with Gasteiger partial charge < -0.3 is 0 Å². The van der Waals surface area contributed by atoms with Crippen LogP contribution in [-0.4, -0.2) is 4.98 Å². The van der Waals surface area contributed by atoms with Crippen LogP contribution in [0.3, 0.4) is 0 Å². The molecule has 0 aliphatic carbocycles. The Labute approximate surface area is 117 Å². The number of aryl methyl sites for hydroxylation is 1. The third kappa shape index (κ3) is 4.72. The van der Waals surface area contributed by atoms with E-state index in [9.17, 15) is 0 Å². The molecule has 0 N–H and O–H groups in total. The highest BCUT2D eigenvalue weighted by Gasteiger charge is 2.28. The van der Waals surface area contributed by atoms with Crippen molar-refractivity contribution in [2.45, 2.75) is 84.5 Å². The second kappa shape index (κ2) is 7.93. The Morgan fingerprint density at radius 3 is 2.28 bits per heavy atom. The van der Waals surface area contributed by atoms with Crippen molar-refractivity contribution in [3.05, 3.63) is 16.1 Å². The summed E-state index contributed by atoms with van der Waals surface area (Å²) in [6.45, 7) is 9.15. The molecule has 1 nitrogen and oxygen atoms in total. The monoisotopic (exact) mass is 267 g/mol. The summed E-state index contributed by atoms with van der Waals surface area (Å²) in [5.74, 6) is 0. The lowest BCUT2D eigenvalue weighted by molar-refractivity contribution is 0.368. The van der Waals surface area contributed by atoms with Gasteiger partial charge in [0.2, 0.25) is 0 Å². The van der Waals surface area contributed by atoms with E-state index in [1.54, 1.807) is 0 Å². The standard InChI is InChI=1S/C16H29NS/c1-5-7-9-10-12-16(4,11-8-6-2)15-17-13-14(3)18-15/h13H,5-12H2,1-4H3. The maximum atomic E-state index is 4.66. The van der Waals surface area contributed by atoms with Crippen molar-refractivity contribution in [1.82, 2.24) is 4.98 Å². The van der Waals surface area contributed by atoms with E-state index in [0.717, 1.165) is 0 Å². The second-order valence-corrected chi connectivity index (χ2v) is 6.99. The summed E-state index contributed by atoms with van der Waals surface area (Å²) < 4.78 is 0. The second-order valence-electron chi connectivity index (χ2n) is 5.75. The molecule has 1 atom stereocenters. The van der Waals surface area contributed by atoms with Gasteiger partial charge in [0.1, 0.15) is 0 Å². The van der Waals surface area contributed by atoms with Crippen molar-refractivity contribution in [1.29, 1.82) is 0 Å². The fourth-order valence-corrected chi connectivity index (χ4v) is 3.45. The van der Waals surface area contributed by atoms with Crippen LogP contribution in [0.4, 0.5) is 0 Å². The van der Waals surface area contributed by atoms with Gasteiger partial charge in [-0.25, -0.2) is 4.98 Å². The molecule has 0 spiro atoms. The Balaban J connectivity index is 2.62. The summed E-state index contributed by atoms with van der Waals surface area (Å²) in [4.78, 5) is 6.01. The van der Waals surface area contributed by atoms with Gasteiger partial charge in [0.15, 0.2) is 0 Å². The summed E-state index contributed by atoms with van der Waals surface area (Å²) in [6.07, 6.45) is 12.7. The van der Waals surface area contributed by atoms with E-state index in [2.05, 4.69) is 32.7 Å². The van der Waals surface area contributed by atoms with Crippen molar-refractivity contribution >= 4 is 11.3 Å². The van der Waals surface area contributed by atoms with E-state index in [1.807, 2.05) is 17.5 Å². The molecule has 0 amide bonds. The number of thiazole rings is 1. The quantitative estimate of drug-likeness (QED) is 0.510. The first-order chi connectivity index (χ1) is 8.62. The highest BCUT2D eigenvalue weighted by Crippen LogP contribution is 2.37. The van der Waals surface area contributed by atoms with Gasteiger partial charge in [-0.1, -0.05) is 59.3 Å². The molecule has 0 saturated heterocycles. The van der Waals surface area contributed by atoms with E-state index in [-0.39, 0.29) is 0 Å². The zero-order valence-electron chi connectivity index (χ0n) is 12.6. The van der Waals surface area contributed by atoms with Gasteiger partial charge in [-0.15, -0.1) is 11.3 Å². The molecule has 104 valence electrons. The van der Waals surface area contributed by atoms with Gasteiger partial charge in [0.05, 0.1) is 5.01 Å². The first-order valence-corrected chi connectivity index (χ1v) is 8.37. The molecule has 0 fully saturated rings. The van der Waals surface area contributed by atoms with Crippen molar-refractivity contribution in [2.75, 3.05) is 0 Å². The Morgan fingerprint density at radius 1 is 1.06 bits per heavy atom. The maximum Gasteiger partial charge on any atom is 0.0986 e. The summed E-state index contributed by atoms with van der Waals surface area (Å²) in [6, 6.07) is 0. The minimum Gasteiger partial charge on any atom is -0.249 e. The maximum absolute atomic E-state index is 4.66. The molecule has 0 aromatic carbocycles. The van der Waals surface area contributed by atoms with Gasteiger partial charge in [0, 0.05) is 16.5 Å². The Bertz CT molecular complexity index is 332. The molecular formula is C16H29NS. The number of aromatic nitrogens is 1. The van der Waals surface area contributed by atoms with Crippen LogP contribution >= 0.6 is 11.3 Å². The number of hydrogen-bond donors (Lipinski definition) is 0. The average Bonchev–Trinajstić information content (AvgIpc) is 2.80. The fraction of sp³-hybridized carbons (Fsp3) is 0.812. The molecule has 1 rings (SSSR count). The highest BCUT2D eigenvalue weighted by molar-refractivity contribution is 7.11. The molecule has 1 unspecified atom stereocenters. The Morgan fingerprint density at radius 2 is 1.72 bits per heavy atom.